The number of hydrogen-bond donors (Lipinski definition) is 1. The third-order valence-corrected chi connectivity index (χ3v) is 7.53. The Labute approximate surface area is 187 Å². The molecule has 2 aromatic rings. The van der Waals surface area contributed by atoms with Gasteiger partial charge in [0, 0.05) is 42.9 Å². The van der Waals surface area contributed by atoms with Crippen molar-refractivity contribution < 1.29 is 36.4 Å². The Morgan fingerprint density at radius 2 is 1.82 bits per heavy atom. The van der Waals surface area contributed by atoms with E-state index in [4.69, 9.17) is 0 Å². The van der Waals surface area contributed by atoms with Crippen LogP contribution in [0.5, 0.6) is 11.5 Å². The lowest BCUT2D eigenvalue weighted by atomic mass is 9.97. The number of non-ortho nitro benzene ring substituents is 1. The van der Waals surface area contributed by atoms with Gasteiger partial charge in [-0.3, -0.25) is 14.9 Å². The number of fused-ring (bicyclic) bond motifs is 1. The van der Waals surface area contributed by atoms with Crippen molar-refractivity contribution in [2.75, 3.05) is 18.4 Å². The van der Waals surface area contributed by atoms with E-state index in [1.54, 1.807) is 6.92 Å². The standard InChI is InChI=1S/C20H19F2N3O7S/c1-12-2-4-15(25(27)28)11-18(12)33(29,30)24-8-6-13(7-9-24)19(26)23-14-3-5-16-17(10-14)32-20(21,22)31-16/h2-5,10-11,13H,6-9H2,1H3,(H,23,26). The van der Waals surface area contributed by atoms with E-state index >= 15 is 0 Å². The topological polar surface area (TPSA) is 128 Å². The highest BCUT2D eigenvalue weighted by Crippen LogP contribution is 2.42. The largest absolute Gasteiger partial charge is 0.586 e. The predicted octanol–water partition coefficient (Wildman–Crippen LogP) is 3.26. The molecule has 1 N–H and O–H groups in total. The molecule has 176 valence electrons. The van der Waals surface area contributed by atoms with Crippen LogP contribution in [-0.4, -0.2) is 42.9 Å². The van der Waals surface area contributed by atoms with Crippen LogP contribution in [0.4, 0.5) is 20.2 Å². The number of piperidine rings is 1. The van der Waals surface area contributed by atoms with E-state index in [0.29, 0.717) is 5.56 Å². The maximum Gasteiger partial charge on any atom is 0.586 e. The molecule has 1 fully saturated rings. The van der Waals surface area contributed by atoms with Gasteiger partial charge in [-0.1, -0.05) is 6.07 Å². The lowest BCUT2D eigenvalue weighted by Crippen LogP contribution is -2.41. The van der Waals surface area contributed by atoms with Crippen molar-refractivity contribution >= 4 is 27.3 Å². The van der Waals surface area contributed by atoms with Crippen molar-refractivity contribution in [1.29, 1.82) is 0 Å². The monoisotopic (exact) mass is 483 g/mol. The van der Waals surface area contributed by atoms with E-state index in [1.165, 1.54) is 34.6 Å². The van der Waals surface area contributed by atoms with Gasteiger partial charge in [0.1, 0.15) is 0 Å². The summed E-state index contributed by atoms with van der Waals surface area (Å²) in [6.07, 6.45) is -3.32. The van der Waals surface area contributed by atoms with Gasteiger partial charge in [0.2, 0.25) is 15.9 Å². The summed E-state index contributed by atoms with van der Waals surface area (Å²) in [4.78, 5) is 22.8. The van der Waals surface area contributed by atoms with Crippen molar-refractivity contribution in [2.24, 2.45) is 5.92 Å². The lowest BCUT2D eigenvalue weighted by Gasteiger charge is -2.30. The van der Waals surface area contributed by atoms with Gasteiger partial charge in [0.05, 0.1) is 9.82 Å². The van der Waals surface area contributed by atoms with Crippen LogP contribution >= 0.6 is 0 Å². The number of anilines is 1. The number of hydrogen-bond acceptors (Lipinski definition) is 7. The molecule has 4 rings (SSSR count). The first-order chi connectivity index (χ1) is 15.5. The number of alkyl halides is 2. The first kappa shape index (κ1) is 22.9. The normalized spacial score (nSPS) is 18.2. The molecule has 0 aromatic heterocycles. The number of nitro groups is 1. The van der Waals surface area contributed by atoms with Crippen molar-refractivity contribution in [2.45, 2.75) is 31.0 Å². The van der Waals surface area contributed by atoms with E-state index in [9.17, 15) is 32.1 Å². The minimum Gasteiger partial charge on any atom is -0.395 e. The Bertz CT molecular complexity index is 1230. The Balaban J connectivity index is 1.40. The highest BCUT2D eigenvalue weighted by Gasteiger charge is 2.43. The average Bonchev–Trinajstić information content (AvgIpc) is 3.06. The molecule has 0 unspecified atom stereocenters. The van der Waals surface area contributed by atoms with Gasteiger partial charge in [0.25, 0.3) is 5.69 Å². The van der Waals surface area contributed by atoms with Crippen LogP contribution in [0.3, 0.4) is 0 Å². The minimum atomic E-state index is -3.98. The Morgan fingerprint density at radius 3 is 2.48 bits per heavy atom. The molecule has 2 aliphatic rings. The molecule has 2 aliphatic heterocycles. The second kappa shape index (κ2) is 8.23. The zero-order valence-electron chi connectivity index (χ0n) is 17.3. The number of halogens is 2. The van der Waals surface area contributed by atoms with Gasteiger partial charge in [-0.2, -0.15) is 4.31 Å². The van der Waals surface area contributed by atoms with Crippen molar-refractivity contribution in [3.05, 3.63) is 52.1 Å². The third kappa shape index (κ3) is 4.59. The maximum atomic E-state index is 13.1. The highest BCUT2D eigenvalue weighted by atomic mass is 32.2. The number of amides is 1. The van der Waals surface area contributed by atoms with Gasteiger partial charge in [-0.05, 0) is 37.5 Å². The molecule has 10 nitrogen and oxygen atoms in total. The molecule has 33 heavy (non-hydrogen) atoms. The van der Waals surface area contributed by atoms with Crippen molar-refractivity contribution in [3.8, 4) is 11.5 Å². The first-order valence-corrected chi connectivity index (χ1v) is 11.4. The van der Waals surface area contributed by atoms with E-state index in [-0.39, 0.29) is 59.6 Å². The summed E-state index contributed by atoms with van der Waals surface area (Å²) >= 11 is 0. The lowest BCUT2D eigenvalue weighted by molar-refractivity contribution is -0.385. The summed E-state index contributed by atoms with van der Waals surface area (Å²) in [5.74, 6) is -1.24. The van der Waals surface area contributed by atoms with Gasteiger partial charge in [-0.15, -0.1) is 8.78 Å². The third-order valence-electron chi connectivity index (χ3n) is 5.49. The van der Waals surface area contributed by atoms with Crippen LogP contribution in [0.25, 0.3) is 0 Å². The molecule has 1 amide bonds. The van der Waals surface area contributed by atoms with Crippen LogP contribution in [-0.2, 0) is 14.8 Å². The average molecular weight is 483 g/mol. The number of aryl methyl sites for hydroxylation is 1. The predicted molar refractivity (Wildman–Crippen MR) is 111 cm³/mol. The fraction of sp³-hybridized carbons (Fsp3) is 0.350. The van der Waals surface area contributed by atoms with E-state index in [1.807, 2.05) is 0 Å². The second-order valence-corrected chi connectivity index (χ2v) is 9.61. The van der Waals surface area contributed by atoms with Crippen molar-refractivity contribution in [1.82, 2.24) is 4.31 Å². The van der Waals surface area contributed by atoms with Crippen LogP contribution in [0.2, 0.25) is 0 Å². The summed E-state index contributed by atoms with van der Waals surface area (Å²) in [6, 6.07) is 7.52. The van der Waals surface area contributed by atoms with Crippen molar-refractivity contribution in [3.63, 3.8) is 0 Å². The molecule has 0 atom stereocenters. The minimum absolute atomic E-state index is 0.0515. The number of carbonyl (C=O) groups is 1. The maximum absolute atomic E-state index is 13.1. The van der Waals surface area contributed by atoms with Crippen LogP contribution < -0.4 is 14.8 Å². The first-order valence-electron chi connectivity index (χ1n) is 9.92. The summed E-state index contributed by atoms with van der Waals surface area (Å²) in [5, 5.41) is 13.7. The number of nitrogens with one attached hydrogen (secondary N) is 1. The Morgan fingerprint density at radius 1 is 1.15 bits per heavy atom. The molecule has 0 saturated carbocycles. The number of nitro benzene ring substituents is 1. The van der Waals surface area contributed by atoms with E-state index in [0.717, 1.165) is 6.07 Å². The zero-order valence-corrected chi connectivity index (χ0v) is 18.1. The van der Waals surface area contributed by atoms with E-state index < -0.39 is 27.2 Å². The number of rotatable bonds is 5. The molecule has 2 aromatic carbocycles. The van der Waals surface area contributed by atoms with Crippen LogP contribution in [0.1, 0.15) is 18.4 Å². The molecule has 0 aliphatic carbocycles. The van der Waals surface area contributed by atoms with Crippen LogP contribution in [0.15, 0.2) is 41.3 Å². The molecule has 1 saturated heterocycles. The molecule has 0 bridgehead atoms. The number of nitrogens with zero attached hydrogens (tertiary/aromatic N) is 2. The second-order valence-electron chi connectivity index (χ2n) is 7.70. The quantitative estimate of drug-likeness (QED) is 0.511. The Kier molecular flexibility index (Phi) is 5.70. The summed E-state index contributed by atoms with van der Waals surface area (Å²) in [5.41, 5.74) is 0.297. The molecule has 2 heterocycles. The number of benzene rings is 2. The molecule has 0 radical (unpaired) electrons. The number of carbonyl (C=O) groups excluding carboxylic acids is 1. The molecular formula is C20H19F2N3O7S. The Hall–Kier alpha value is -3.32. The van der Waals surface area contributed by atoms with Gasteiger partial charge in [-0.25, -0.2) is 8.42 Å². The van der Waals surface area contributed by atoms with Crippen LogP contribution in [0, 0.1) is 23.0 Å². The smallest absolute Gasteiger partial charge is 0.395 e. The summed E-state index contributed by atoms with van der Waals surface area (Å²) in [6.45, 7) is 1.66. The van der Waals surface area contributed by atoms with Gasteiger partial charge in [0.15, 0.2) is 11.5 Å². The number of sulfonamides is 1. The zero-order chi connectivity index (χ0) is 24.0. The highest BCUT2D eigenvalue weighted by molar-refractivity contribution is 7.89. The summed E-state index contributed by atoms with van der Waals surface area (Å²) in [7, 11) is -3.98. The molecule has 0 spiro atoms. The SMILES string of the molecule is Cc1ccc([N+](=O)[O-])cc1S(=O)(=O)N1CCC(C(=O)Nc2ccc3c(c2)OC(F)(F)O3)CC1. The van der Waals surface area contributed by atoms with Gasteiger partial charge < -0.3 is 14.8 Å². The fourth-order valence-corrected chi connectivity index (χ4v) is 5.46. The van der Waals surface area contributed by atoms with Gasteiger partial charge >= 0.3 is 6.29 Å². The molecule has 13 heteroatoms. The fourth-order valence-electron chi connectivity index (χ4n) is 3.75. The number of ether oxygens (including phenoxy) is 2. The van der Waals surface area contributed by atoms with E-state index in [2.05, 4.69) is 14.8 Å². The molecular weight excluding hydrogens is 464 g/mol. The summed E-state index contributed by atoms with van der Waals surface area (Å²) < 4.78 is 62.2.